The Morgan fingerprint density at radius 2 is 2.15 bits per heavy atom. The van der Waals surface area contributed by atoms with Gasteiger partial charge in [0.15, 0.2) is 5.58 Å². The van der Waals surface area contributed by atoms with Crippen LogP contribution in [0.1, 0.15) is 5.89 Å². The van der Waals surface area contributed by atoms with Gasteiger partial charge in [-0.15, -0.1) is 0 Å². The molecule has 3 rings (SSSR count). The van der Waals surface area contributed by atoms with Gasteiger partial charge in [-0.2, -0.15) is 9.97 Å². The van der Waals surface area contributed by atoms with E-state index < -0.39 is 0 Å². The largest absolute Gasteiger partial charge is 0.424 e. The van der Waals surface area contributed by atoms with Gasteiger partial charge < -0.3 is 19.2 Å². The third-order valence-corrected chi connectivity index (χ3v) is 2.60. The van der Waals surface area contributed by atoms with E-state index in [0.717, 1.165) is 0 Å². The maximum absolute atomic E-state index is 13.0. The lowest BCUT2D eigenvalue weighted by atomic mass is 10.3. The quantitative estimate of drug-likeness (QED) is 0.781. The van der Waals surface area contributed by atoms with E-state index in [9.17, 15) is 4.39 Å². The van der Waals surface area contributed by atoms with Gasteiger partial charge in [0, 0.05) is 20.2 Å². The molecular weight excluding hydrogens is 265 g/mol. The van der Waals surface area contributed by atoms with E-state index in [1.54, 1.807) is 4.90 Å². The number of aromatic nitrogens is 3. The van der Waals surface area contributed by atoms with Crippen LogP contribution in [0.25, 0.3) is 11.1 Å². The van der Waals surface area contributed by atoms with Crippen molar-refractivity contribution in [3.05, 3.63) is 29.9 Å². The second-order valence-electron chi connectivity index (χ2n) is 4.37. The van der Waals surface area contributed by atoms with Crippen LogP contribution in [-0.2, 0) is 6.54 Å². The molecule has 0 aliphatic carbocycles. The van der Waals surface area contributed by atoms with Crippen LogP contribution in [0, 0.1) is 5.82 Å². The molecule has 20 heavy (non-hydrogen) atoms. The highest BCUT2D eigenvalue weighted by atomic mass is 19.1. The van der Waals surface area contributed by atoms with Crippen molar-refractivity contribution in [3.8, 4) is 0 Å². The molecule has 0 amide bonds. The minimum absolute atomic E-state index is 0.273. The summed E-state index contributed by atoms with van der Waals surface area (Å²) in [5, 5.41) is 6.69. The molecule has 1 N–H and O–H groups in total. The lowest BCUT2D eigenvalue weighted by Crippen LogP contribution is -2.10. The molecule has 0 fully saturated rings. The van der Waals surface area contributed by atoms with Crippen LogP contribution in [0.15, 0.2) is 27.1 Å². The zero-order valence-corrected chi connectivity index (χ0v) is 10.9. The summed E-state index contributed by atoms with van der Waals surface area (Å²) < 4.78 is 23.5. The molecule has 0 unspecified atom stereocenters. The van der Waals surface area contributed by atoms with Gasteiger partial charge in [0.05, 0.1) is 6.54 Å². The van der Waals surface area contributed by atoms with Gasteiger partial charge >= 0.3 is 0 Å². The topological polar surface area (TPSA) is 80.2 Å². The Bertz CT molecular complexity index is 736. The first-order chi connectivity index (χ1) is 9.61. The molecule has 0 saturated carbocycles. The first-order valence-electron chi connectivity index (χ1n) is 5.92. The summed E-state index contributed by atoms with van der Waals surface area (Å²) >= 11 is 0. The van der Waals surface area contributed by atoms with E-state index in [2.05, 4.69) is 20.4 Å². The van der Waals surface area contributed by atoms with Gasteiger partial charge in [0.25, 0.3) is 12.0 Å². The summed E-state index contributed by atoms with van der Waals surface area (Å²) in [6, 6.07) is 4.43. The van der Waals surface area contributed by atoms with Crippen molar-refractivity contribution in [3.63, 3.8) is 0 Å². The number of benzene rings is 1. The number of rotatable bonds is 4. The summed E-state index contributed by atoms with van der Waals surface area (Å²) in [6.45, 7) is 0.274. The van der Waals surface area contributed by atoms with Crippen LogP contribution in [0.3, 0.4) is 0 Å². The van der Waals surface area contributed by atoms with E-state index in [4.69, 9.17) is 8.94 Å². The second kappa shape index (κ2) is 4.80. The van der Waals surface area contributed by atoms with Crippen LogP contribution in [0.5, 0.6) is 0 Å². The maximum Gasteiger partial charge on any atom is 0.296 e. The molecule has 0 aliphatic heterocycles. The minimum atomic E-state index is -0.357. The van der Waals surface area contributed by atoms with Crippen LogP contribution < -0.4 is 10.2 Å². The second-order valence-corrected chi connectivity index (χ2v) is 4.37. The van der Waals surface area contributed by atoms with Crippen molar-refractivity contribution in [1.82, 2.24) is 15.1 Å². The highest BCUT2D eigenvalue weighted by Crippen LogP contribution is 2.20. The van der Waals surface area contributed by atoms with E-state index in [-0.39, 0.29) is 18.4 Å². The zero-order chi connectivity index (χ0) is 14.1. The lowest BCUT2D eigenvalue weighted by Gasteiger charge is -2.02. The van der Waals surface area contributed by atoms with Gasteiger partial charge in [-0.3, -0.25) is 0 Å². The summed E-state index contributed by atoms with van der Waals surface area (Å²) in [7, 11) is 3.63. The number of oxazole rings is 1. The number of hydrogen-bond acceptors (Lipinski definition) is 7. The monoisotopic (exact) mass is 277 g/mol. The maximum atomic E-state index is 13.0. The van der Waals surface area contributed by atoms with Crippen LogP contribution in [0.4, 0.5) is 16.4 Å². The summed E-state index contributed by atoms with van der Waals surface area (Å²) in [5.74, 6) is 0.536. The van der Waals surface area contributed by atoms with Crippen molar-refractivity contribution in [1.29, 1.82) is 0 Å². The molecule has 0 saturated heterocycles. The van der Waals surface area contributed by atoms with Crippen molar-refractivity contribution in [2.75, 3.05) is 24.3 Å². The first-order valence-corrected chi connectivity index (χ1v) is 5.92. The molecule has 7 nitrogen and oxygen atoms in total. The Balaban J connectivity index is 1.72. The molecule has 8 heteroatoms. The van der Waals surface area contributed by atoms with E-state index >= 15 is 0 Å². The Hall–Kier alpha value is -2.64. The van der Waals surface area contributed by atoms with Crippen molar-refractivity contribution in [2.45, 2.75) is 6.54 Å². The fourth-order valence-electron chi connectivity index (χ4n) is 1.63. The van der Waals surface area contributed by atoms with Gasteiger partial charge in [-0.1, -0.05) is 0 Å². The molecule has 2 aromatic heterocycles. The molecule has 3 aromatic rings. The van der Waals surface area contributed by atoms with Crippen molar-refractivity contribution < 1.29 is 13.3 Å². The molecule has 0 atom stereocenters. The number of nitrogens with one attached hydrogen (secondary N) is 1. The van der Waals surface area contributed by atoms with Gasteiger partial charge in [0.1, 0.15) is 11.3 Å². The summed E-state index contributed by atoms with van der Waals surface area (Å²) in [6.07, 6.45) is 0. The van der Waals surface area contributed by atoms with Crippen molar-refractivity contribution >= 4 is 23.1 Å². The smallest absolute Gasteiger partial charge is 0.296 e. The standard InChI is InChI=1S/C12H12FN5O2/c1-18(2)11-16-10(20-17-11)6-14-12-15-8-5-7(13)3-4-9(8)19-12/h3-5H,6H2,1-2H3,(H,14,15). The van der Waals surface area contributed by atoms with E-state index in [1.165, 1.54) is 18.2 Å². The van der Waals surface area contributed by atoms with E-state index in [1.807, 2.05) is 14.1 Å². The van der Waals surface area contributed by atoms with Crippen LogP contribution in [0.2, 0.25) is 0 Å². The predicted molar refractivity (Wildman–Crippen MR) is 69.9 cm³/mol. The first kappa shape index (κ1) is 12.4. The van der Waals surface area contributed by atoms with Crippen molar-refractivity contribution in [2.24, 2.45) is 0 Å². The summed E-state index contributed by atoms with van der Waals surface area (Å²) in [4.78, 5) is 9.99. The van der Waals surface area contributed by atoms with Gasteiger partial charge in [-0.05, 0) is 17.3 Å². The summed E-state index contributed by atoms with van der Waals surface area (Å²) in [5.41, 5.74) is 0.959. The third-order valence-electron chi connectivity index (χ3n) is 2.60. The number of nitrogens with zero attached hydrogens (tertiary/aromatic N) is 4. The van der Waals surface area contributed by atoms with E-state index in [0.29, 0.717) is 22.9 Å². The molecule has 0 spiro atoms. The Morgan fingerprint density at radius 1 is 1.30 bits per heavy atom. The molecule has 2 heterocycles. The highest BCUT2D eigenvalue weighted by Gasteiger charge is 2.10. The Kier molecular flexibility index (Phi) is 2.97. The average Bonchev–Trinajstić information content (AvgIpc) is 3.01. The number of hydrogen-bond donors (Lipinski definition) is 1. The molecule has 1 aromatic carbocycles. The zero-order valence-electron chi connectivity index (χ0n) is 10.9. The normalized spacial score (nSPS) is 10.9. The van der Waals surface area contributed by atoms with Gasteiger partial charge in [-0.25, -0.2) is 4.39 Å². The fourth-order valence-corrected chi connectivity index (χ4v) is 1.63. The fraction of sp³-hybridized carbons (Fsp3) is 0.250. The van der Waals surface area contributed by atoms with Crippen LogP contribution >= 0.6 is 0 Å². The van der Waals surface area contributed by atoms with Crippen LogP contribution in [-0.4, -0.2) is 29.2 Å². The minimum Gasteiger partial charge on any atom is -0.424 e. The number of halogens is 1. The molecule has 0 aliphatic rings. The molecule has 104 valence electrons. The molecule has 0 bridgehead atoms. The SMILES string of the molecule is CN(C)c1noc(CNc2nc3cc(F)ccc3o2)n1. The Labute approximate surface area is 113 Å². The number of fused-ring (bicyclic) bond motifs is 1. The average molecular weight is 277 g/mol. The highest BCUT2D eigenvalue weighted by molar-refractivity contribution is 5.74. The number of anilines is 2. The lowest BCUT2D eigenvalue weighted by molar-refractivity contribution is 0.382. The predicted octanol–water partition coefficient (Wildman–Crippen LogP) is 2.03. The molecule has 0 radical (unpaired) electrons. The molecular formula is C12H12FN5O2. The van der Waals surface area contributed by atoms with Gasteiger partial charge in [0.2, 0.25) is 5.89 Å². The Morgan fingerprint density at radius 3 is 2.90 bits per heavy atom. The third kappa shape index (κ3) is 2.40.